The number of carbonyl (C=O) groups excluding carboxylic acids is 1. The number of carbonyl (C=O) groups is 1. The molecule has 3 rings (SSSR count). The second-order valence-corrected chi connectivity index (χ2v) is 9.54. The van der Waals surface area contributed by atoms with Crippen LogP contribution in [-0.4, -0.2) is 44.9 Å². The number of hydrogen-bond donors (Lipinski definition) is 1. The Labute approximate surface area is 178 Å². The third-order valence-corrected chi connectivity index (χ3v) is 7.19. The third kappa shape index (κ3) is 5.05. The monoisotopic (exact) mass is 486 g/mol. The van der Waals surface area contributed by atoms with Crippen molar-refractivity contribution in [2.75, 3.05) is 26.2 Å². The Balaban J connectivity index is 1.62. The summed E-state index contributed by atoms with van der Waals surface area (Å²) in [6.07, 6.45) is 1.72. The predicted octanol–water partition coefficient (Wildman–Crippen LogP) is 3.70. The van der Waals surface area contributed by atoms with Crippen molar-refractivity contribution in [3.8, 4) is 5.75 Å². The molecule has 0 saturated carbocycles. The fourth-order valence-corrected chi connectivity index (χ4v) is 4.97. The molecule has 0 unspecified atom stereocenters. The van der Waals surface area contributed by atoms with Gasteiger partial charge in [-0.2, -0.15) is 4.31 Å². The van der Waals surface area contributed by atoms with Gasteiger partial charge in [0.25, 0.3) is 5.91 Å². The first-order valence-corrected chi connectivity index (χ1v) is 11.5. The number of ether oxygens (including phenoxy) is 1. The van der Waals surface area contributed by atoms with Gasteiger partial charge in [-0.05, 0) is 71.2 Å². The standard InChI is InChI=1S/C19H20BrClN2O4S/c20-18-8-7-16(28(25,26)23-10-1-2-11-23)13-17(18)19(24)22-9-12-27-15-5-3-14(21)4-6-15/h3-8,13H,1-2,9-12H2,(H,22,24). The topological polar surface area (TPSA) is 75.7 Å². The molecule has 9 heteroatoms. The summed E-state index contributed by atoms with van der Waals surface area (Å²) in [7, 11) is -3.58. The van der Waals surface area contributed by atoms with Crippen LogP contribution in [0.15, 0.2) is 51.8 Å². The fraction of sp³-hybridized carbons (Fsp3) is 0.316. The van der Waals surface area contributed by atoms with Gasteiger partial charge in [-0.15, -0.1) is 0 Å². The highest BCUT2D eigenvalue weighted by molar-refractivity contribution is 9.10. The summed E-state index contributed by atoms with van der Waals surface area (Å²) >= 11 is 9.14. The van der Waals surface area contributed by atoms with E-state index in [1.165, 1.54) is 16.4 Å². The lowest BCUT2D eigenvalue weighted by atomic mass is 10.2. The van der Waals surface area contributed by atoms with E-state index in [9.17, 15) is 13.2 Å². The van der Waals surface area contributed by atoms with Crippen LogP contribution >= 0.6 is 27.5 Å². The molecule has 28 heavy (non-hydrogen) atoms. The van der Waals surface area contributed by atoms with Crippen molar-refractivity contribution in [2.24, 2.45) is 0 Å². The first-order valence-electron chi connectivity index (χ1n) is 8.84. The van der Waals surface area contributed by atoms with E-state index in [0.717, 1.165) is 12.8 Å². The van der Waals surface area contributed by atoms with Gasteiger partial charge in [0.05, 0.1) is 17.0 Å². The van der Waals surface area contributed by atoms with E-state index >= 15 is 0 Å². The molecule has 1 aliphatic heterocycles. The van der Waals surface area contributed by atoms with Gasteiger partial charge in [0.1, 0.15) is 12.4 Å². The number of nitrogens with zero attached hydrogens (tertiary/aromatic N) is 1. The van der Waals surface area contributed by atoms with Crippen molar-refractivity contribution in [3.05, 3.63) is 57.5 Å². The maximum atomic E-state index is 12.7. The molecule has 6 nitrogen and oxygen atoms in total. The van der Waals surface area contributed by atoms with Crippen molar-refractivity contribution in [1.29, 1.82) is 0 Å². The van der Waals surface area contributed by atoms with Crippen LogP contribution in [0.2, 0.25) is 5.02 Å². The summed E-state index contributed by atoms with van der Waals surface area (Å²) in [4.78, 5) is 12.6. The molecule has 150 valence electrons. The van der Waals surface area contributed by atoms with E-state index < -0.39 is 10.0 Å². The Morgan fingerprint density at radius 2 is 1.82 bits per heavy atom. The zero-order valence-electron chi connectivity index (χ0n) is 15.0. The van der Waals surface area contributed by atoms with Gasteiger partial charge in [-0.25, -0.2) is 8.42 Å². The number of rotatable bonds is 7. The first kappa shape index (κ1) is 21.1. The van der Waals surface area contributed by atoms with Crippen LogP contribution in [0.5, 0.6) is 5.75 Å². The zero-order chi connectivity index (χ0) is 20.1. The molecular formula is C19H20BrClN2O4S. The second-order valence-electron chi connectivity index (χ2n) is 6.31. The van der Waals surface area contributed by atoms with Crippen LogP contribution < -0.4 is 10.1 Å². The molecule has 1 aliphatic rings. The van der Waals surface area contributed by atoms with Gasteiger partial charge >= 0.3 is 0 Å². The minimum atomic E-state index is -3.58. The average molecular weight is 488 g/mol. The normalized spacial score (nSPS) is 14.8. The molecule has 1 fully saturated rings. The smallest absolute Gasteiger partial charge is 0.252 e. The third-order valence-electron chi connectivity index (χ3n) is 4.36. The lowest BCUT2D eigenvalue weighted by Crippen LogP contribution is -2.30. The van der Waals surface area contributed by atoms with Crippen molar-refractivity contribution in [1.82, 2.24) is 9.62 Å². The van der Waals surface area contributed by atoms with Crippen LogP contribution in [-0.2, 0) is 10.0 Å². The van der Waals surface area contributed by atoms with Gasteiger partial charge < -0.3 is 10.1 Å². The average Bonchev–Trinajstić information content (AvgIpc) is 3.22. The molecule has 1 saturated heterocycles. The fourth-order valence-electron chi connectivity index (χ4n) is 2.88. The van der Waals surface area contributed by atoms with Crippen LogP contribution in [0.25, 0.3) is 0 Å². The second kappa shape index (κ2) is 9.26. The highest BCUT2D eigenvalue weighted by Crippen LogP contribution is 2.25. The summed E-state index contributed by atoms with van der Waals surface area (Å²) < 4.78 is 32.9. The number of amides is 1. The summed E-state index contributed by atoms with van der Waals surface area (Å²) in [6.45, 7) is 1.58. The lowest BCUT2D eigenvalue weighted by Gasteiger charge is -2.16. The Bertz CT molecular complexity index is 945. The summed E-state index contributed by atoms with van der Waals surface area (Å²) in [6, 6.07) is 11.4. The predicted molar refractivity (Wildman–Crippen MR) is 111 cm³/mol. The van der Waals surface area contributed by atoms with Gasteiger partial charge in [-0.1, -0.05) is 11.6 Å². The Morgan fingerprint density at radius 1 is 1.14 bits per heavy atom. The van der Waals surface area contributed by atoms with Crippen LogP contribution in [0.4, 0.5) is 0 Å². The molecule has 2 aromatic rings. The van der Waals surface area contributed by atoms with E-state index in [1.807, 2.05) is 0 Å². The van der Waals surface area contributed by atoms with Gasteiger partial charge in [0.2, 0.25) is 10.0 Å². The highest BCUT2D eigenvalue weighted by Gasteiger charge is 2.28. The zero-order valence-corrected chi connectivity index (χ0v) is 18.2. The summed E-state index contributed by atoms with van der Waals surface area (Å²) in [5, 5.41) is 3.36. The number of halogens is 2. The van der Waals surface area contributed by atoms with E-state index in [1.54, 1.807) is 30.3 Å². The van der Waals surface area contributed by atoms with Gasteiger partial charge in [0, 0.05) is 22.6 Å². The van der Waals surface area contributed by atoms with Crippen molar-refractivity contribution < 1.29 is 17.9 Å². The molecule has 0 bridgehead atoms. The molecule has 1 heterocycles. The van der Waals surface area contributed by atoms with Gasteiger partial charge in [0.15, 0.2) is 0 Å². The molecule has 0 radical (unpaired) electrons. The van der Waals surface area contributed by atoms with Crippen LogP contribution in [0.1, 0.15) is 23.2 Å². The minimum Gasteiger partial charge on any atom is -0.492 e. The molecule has 1 N–H and O–H groups in total. The lowest BCUT2D eigenvalue weighted by molar-refractivity contribution is 0.0946. The number of hydrogen-bond acceptors (Lipinski definition) is 4. The molecule has 0 atom stereocenters. The number of sulfonamides is 1. The largest absolute Gasteiger partial charge is 0.492 e. The Kier molecular flexibility index (Phi) is 6.98. The molecule has 0 aromatic heterocycles. The maximum Gasteiger partial charge on any atom is 0.252 e. The Hall–Kier alpha value is -1.61. The molecule has 0 spiro atoms. The first-order chi connectivity index (χ1) is 13.4. The van der Waals surface area contributed by atoms with Crippen molar-refractivity contribution in [3.63, 3.8) is 0 Å². The van der Waals surface area contributed by atoms with Crippen molar-refractivity contribution >= 4 is 43.5 Å². The SMILES string of the molecule is O=C(NCCOc1ccc(Cl)cc1)c1cc(S(=O)(=O)N2CCCC2)ccc1Br. The van der Waals surface area contributed by atoms with Gasteiger partial charge in [-0.3, -0.25) is 4.79 Å². The minimum absolute atomic E-state index is 0.125. The summed E-state index contributed by atoms with van der Waals surface area (Å²) in [5.74, 6) is 0.281. The van der Waals surface area contributed by atoms with E-state index in [4.69, 9.17) is 16.3 Å². The number of nitrogens with one attached hydrogen (secondary N) is 1. The van der Waals surface area contributed by atoms with E-state index in [2.05, 4.69) is 21.2 Å². The number of benzene rings is 2. The van der Waals surface area contributed by atoms with Crippen LogP contribution in [0.3, 0.4) is 0 Å². The Morgan fingerprint density at radius 3 is 2.50 bits per heavy atom. The van der Waals surface area contributed by atoms with E-state index in [-0.39, 0.29) is 29.5 Å². The highest BCUT2D eigenvalue weighted by atomic mass is 79.9. The van der Waals surface area contributed by atoms with Crippen molar-refractivity contribution in [2.45, 2.75) is 17.7 Å². The molecule has 2 aromatic carbocycles. The molecular weight excluding hydrogens is 468 g/mol. The van der Waals surface area contributed by atoms with Crippen LogP contribution in [0, 0.1) is 0 Å². The summed E-state index contributed by atoms with van der Waals surface area (Å²) in [5.41, 5.74) is 0.270. The van der Waals surface area contributed by atoms with E-state index in [0.29, 0.717) is 28.3 Å². The quantitative estimate of drug-likeness (QED) is 0.604. The maximum absolute atomic E-state index is 12.7. The molecule has 0 aliphatic carbocycles. The molecule has 1 amide bonds.